The average Bonchev–Trinajstić information content (AvgIpc) is 2.72. The molecule has 2 heterocycles. The van der Waals surface area contributed by atoms with Gasteiger partial charge in [0.25, 0.3) is 0 Å². The van der Waals surface area contributed by atoms with Crippen LogP contribution in [0.25, 0.3) is 0 Å². The van der Waals surface area contributed by atoms with Crippen LogP contribution in [0, 0.1) is 0 Å². The summed E-state index contributed by atoms with van der Waals surface area (Å²) in [5, 5.41) is 3.26. The number of pyridine rings is 1. The van der Waals surface area contributed by atoms with E-state index in [0.717, 1.165) is 31.8 Å². The zero-order chi connectivity index (χ0) is 9.80. The van der Waals surface area contributed by atoms with Gasteiger partial charge in [-0.05, 0) is 24.9 Å². The molecule has 0 saturated carbocycles. The standard InChI is InChI=1S/C11H16N2O.2ClH/c1-2-9-3-4-11(13-7-9)14-10-5-6-12-8-10;;/h3-4,7,10,12H,2,5-6,8H2,1H3;2*1H. The first-order valence-electron chi connectivity index (χ1n) is 5.21. The van der Waals surface area contributed by atoms with E-state index in [1.807, 2.05) is 12.3 Å². The summed E-state index contributed by atoms with van der Waals surface area (Å²) in [6.45, 7) is 4.12. The first-order chi connectivity index (χ1) is 6.88. The number of aryl methyl sites for hydroxylation is 1. The van der Waals surface area contributed by atoms with Crippen LogP contribution in [-0.2, 0) is 6.42 Å². The van der Waals surface area contributed by atoms with Gasteiger partial charge in [0.1, 0.15) is 6.10 Å². The van der Waals surface area contributed by atoms with Crippen molar-refractivity contribution in [2.45, 2.75) is 25.9 Å². The van der Waals surface area contributed by atoms with Crippen molar-refractivity contribution in [2.75, 3.05) is 13.1 Å². The number of hydrogen-bond donors (Lipinski definition) is 1. The van der Waals surface area contributed by atoms with Gasteiger partial charge in [0.2, 0.25) is 5.88 Å². The van der Waals surface area contributed by atoms with Crippen molar-refractivity contribution in [1.82, 2.24) is 10.3 Å². The van der Waals surface area contributed by atoms with Crippen molar-refractivity contribution in [2.24, 2.45) is 0 Å². The Morgan fingerprint density at radius 1 is 1.44 bits per heavy atom. The van der Waals surface area contributed by atoms with E-state index >= 15 is 0 Å². The molecule has 1 N–H and O–H groups in total. The molecular weight excluding hydrogens is 247 g/mol. The molecule has 1 fully saturated rings. The van der Waals surface area contributed by atoms with Gasteiger partial charge in [0.15, 0.2) is 0 Å². The minimum atomic E-state index is 0. The molecule has 1 aliphatic rings. The molecule has 1 aliphatic heterocycles. The molecule has 92 valence electrons. The SMILES string of the molecule is CCc1ccc(OC2CCNC2)nc1.Cl.Cl. The molecule has 0 spiro atoms. The van der Waals surface area contributed by atoms with Crippen molar-refractivity contribution in [1.29, 1.82) is 0 Å². The molecule has 2 rings (SSSR count). The molecule has 0 bridgehead atoms. The fraction of sp³-hybridized carbons (Fsp3) is 0.545. The summed E-state index contributed by atoms with van der Waals surface area (Å²) in [4.78, 5) is 4.26. The number of aromatic nitrogens is 1. The van der Waals surface area contributed by atoms with Crippen molar-refractivity contribution in [3.63, 3.8) is 0 Å². The summed E-state index contributed by atoms with van der Waals surface area (Å²) in [5.41, 5.74) is 1.25. The van der Waals surface area contributed by atoms with E-state index in [9.17, 15) is 0 Å². The van der Waals surface area contributed by atoms with Gasteiger partial charge in [0, 0.05) is 18.8 Å². The van der Waals surface area contributed by atoms with Gasteiger partial charge in [-0.1, -0.05) is 13.0 Å². The van der Waals surface area contributed by atoms with Crippen LogP contribution in [0.5, 0.6) is 5.88 Å². The van der Waals surface area contributed by atoms with Crippen LogP contribution in [0.15, 0.2) is 18.3 Å². The van der Waals surface area contributed by atoms with Crippen molar-refractivity contribution in [3.8, 4) is 5.88 Å². The quantitative estimate of drug-likeness (QED) is 0.910. The zero-order valence-corrected chi connectivity index (χ0v) is 10.9. The molecule has 1 aromatic rings. The molecule has 1 unspecified atom stereocenters. The summed E-state index contributed by atoms with van der Waals surface area (Å²) < 4.78 is 5.70. The third-order valence-corrected chi connectivity index (χ3v) is 2.51. The smallest absolute Gasteiger partial charge is 0.213 e. The summed E-state index contributed by atoms with van der Waals surface area (Å²) in [6.07, 6.45) is 4.29. The average molecular weight is 265 g/mol. The van der Waals surface area contributed by atoms with Crippen LogP contribution in [0.4, 0.5) is 0 Å². The maximum Gasteiger partial charge on any atom is 0.213 e. The fourth-order valence-corrected chi connectivity index (χ4v) is 1.59. The Bertz CT molecular complexity index is 287. The maximum atomic E-state index is 5.70. The second kappa shape index (κ2) is 7.71. The lowest BCUT2D eigenvalue weighted by molar-refractivity contribution is 0.214. The third kappa shape index (κ3) is 4.16. The highest BCUT2D eigenvalue weighted by Crippen LogP contribution is 2.12. The van der Waals surface area contributed by atoms with Crippen molar-refractivity contribution in [3.05, 3.63) is 23.9 Å². The van der Waals surface area contributed by atoms with E-state index < -0.39 is 0 Å². The lowest BCUT2D eigenvalue weighted by Crippen LogP contribution is -2.19. The number of halogens is 2. The van der Waals surface area contributed by atoms with Gasteiger partial charge in [0.05, 0.1) is 0 Å². The van der Waals surface area contributed by atoms with E-state index in [1.54, 1.807) is 0 Å². The first-order valence-corrected chi connectivity index (χ1v) is 5.21. The number of rotatable bonds is 3. The lowest BCUT2D eigenvalue weighted by atomic mass is 10.2. The van der Waals surface area contributed by atoms with Crippen LogP contribution in [0.3, 0.4) is 0 Å². The number of nitrogens with zero attached hydrogens (tertiary/aromatic N) is 1. The van der Waals surface area contributed by atoms with Gasteiger partial charge in [-0.15, -0.1) is 24.8 Å². The molecule has 5 heteroatoms. The predicted molar refractivity (Wildman–Crippen MR) is 70.0 cm³/mol. The van der Waals surface area contributed by atoms with Crippen LogP contribution < -0.4 is 10.1 Å². The molecule has 16 heavy (non-hydrogen) atoms. The Morgan fingerprint density at radius 2 is 2.25 bits per heavy atom. The van der Waals surface area contributed by atoms with E-state index in [0.29, 0.717) is 6.10 Å². The monoisotopic (exact) mass is 264 g/mol. The highest BCUT2D eigenvalue weighted by Gasteiger charge is 2.15. The van der Waals surface area contributed by atoms with E-state index in [1.165, 1.54) is 5.56 Å². The maximum absolute atomic E-state index is 5.70. The molecule has 0 amide bonds. The van der Waals surface area contributed by atoms with E-state index in [-0.39, 0.29) is 24.8 Å². The Hall–Kier alpha value is -0.510. The molecule has 0 aromatic carbocycles. The van der Waals surface area contributed by atoms with Gasteiger partial charge < -0.3 is 10.1 Å². The highest BCUT2D eigenvalue weighted by molar-refractivity contribution is 5.85. The topological polar surface area (TPSA) is 34.1 Å². The van der Waals surface area contributed by atoms with Crippen LogP contribution in [-0.4, -0.2) is 24.2 Å². The molecule has 0 aliphatic carbocycles. The van der Waals surface area contributed by atoms with Crippen LogP contribution >= 0.6 is 24.8 Å². The van der Waals surface area contributed by atoms with E-state index in [2.05, 4.69) is 23.3 Å². The van der Waals surface area contributed by atoms with Crippen molar-refractivity contribution < 1.29 is 4.74 Å². The van der Waals surface area contributed by atoms with Crippen LogP contribution in [0.1, 0.15) is 18.9 Å². The number of nitrogens with one attached hydrogen (secondary N) is 1. The minimum absolute atomic E-state index is 0. The van der Waals surface area contributed by atoms with Gasteiger partial charge in [-0.2, -0.15) is 0 Å². The summed E-state index contributed by atoms with van der Waals surface area (Å²) in [7, 11) is 0. The largest absolute Gasteiger partial charge is 0.473 e. The Labute approximate surface area is 109 Å². The highest BCUT2D eigenvalue weighted by atomic mass is 35.5. The Kier molecular flexibility index (Phi) is 7.47. The summed E-state index contributed by atoms with van der Waals surface area (Å²) >= 11 is 0. The van der Waals surface area contributed by atoms with Gasteiger partial charge in [-0.25, -0.2) is 4.98 Å². The molecular formula is C11H18Cl2N2O. The number of hydrogen-bond acceptors (Lipinski definition) is 3. The molecule has 3 nitrogen and oxygen atoms in total. The van der Waals surface area contributed by atoms with Gasteiger partial charge >= 0.3 is 0 Å². The Morgan fingerprint density at radius 3 is 2.75 bits per heavy atom. The second-order valence-corrected chi connectivity index (χ2v) is 3.59. The van der Waals surface area contributed by atoms with E-state index in [4.69, 9.17) is 4.74 Å². The minimum Gasteiger partial charge on any atom is -0.473 e. The predicted octanol–water partition coefficient (Wildman–Crippen LogP) is 2.23. The number of ether oxygens (including phenoxy) is 1. The molecule has 0 radical (unpaired) electrons. The normalized spacial score (nSPS) is 18.4. The first kappa shape index (κ1) is 15.5. The Balaban J connectivity index is 0.00000112. The molecule has 1 atom stereocenters. The third-order valence-electron chi connectivity index (χ3n) is 2.51. The zero-order valence-electron chi connectivity index (χ0n) is 9.31. The summed E-state index contributed by atoms with van der Waals surface area (Å²) in [6, 6.07) is 4.03. The fourth-order valence-electron chi connectivity index (χ4n) is 1.59. The van der Waals surface area contributed by atoms with Crippen LogP contribution in [0.2, 0.25) is 0 Å². The molecule has 1 aromatic heterocycles. The lowest BCUT2D eigenvalue weighted by Gasteiger charge is -2.11. The van der Waals surface area contributed by atoms with Crippen molar-refractivity contribution >= 4 is 24.8 Å². The second-order valence-electron chi connectivity index (χ2n) is 3.59. The molecule has 1 saturated heterocycles. The summed E-state index contributed by atoms with van der Waals surface area (Å²) in [5.74, 6) is 0.746. The van der Waals surface area contributed by atoms with Gasteiger partial charge in [-0.3, -0.25) is 0 Å².